The fraction of sp³-hybridized carbons (Fsp3) is 0.316. The second-order valence-electron chi connectivity index (χ2n) is 6.86. The van der Waals surface area contributed by atoms with Crippen molar-refractivity contribution in [3.63, 3.8) is 0 Å². The van der Waals surface area contributed by atoms with Crippen molar-refractivity contribution in [2.24, 2.45) is 5.14 Å². The van der Waals surface area contributed by atoms with E-state index in [2.05, 4.69) is 5.32 Å². The van der Waals surface area contributed by atoms with E-state index in [1.54, 1.807) is 24.3 Å². The fourth-order valence-corrected chi connectivity index (χ4v) is 5.65. The number of benzene rings is 2. The van der Waals surface area contributed by atoms with Gasteiger partial charge in [-0.15, -0.1) is 0 Å². The van der Waals surface area contributed by atoms with Gasteiger partial charge in [-0.1, -0.05) is 0 Å². The Morgan fingerprint density at radius 1 is 1.00 bits per heavy atom. The summed E-state index contributed by atoms with van der Waals surface area (Å²) in [5.41, 5.74) is 0.746. The van der Waals surface area contributed by atoms with Crippen LogP contribution in [0.15, 0.2) is 53.4 Å². The zero-order valence-electron chi connectivity index (χ0n) is 16.0. The number of nitrogens with one attached hydrogen (secondary N) is 1. The molecule has 0 spiro atoms. The summed E-state index contributed by atoms with van der Waals surface area (Å²) in [6.07, 6.45) is -5.07. The molecule has 168 valence electrons. The molecule has 1 amide bonds. The first kappa shape index (κ1) is 23.8. The molecule has 0 aliphatic carbocycles. The Hall–Kier alpha value is -1.86. The van der Waals surface area contributed by atoms with Crippen LogP contribution >= 0.6 is 0 Å². The van der Waals surface area contributed by atoms with E-state index in [9.17, 15) is 33.6 Å². The van der Waals surface area contributed by atoms with Gasteiger partial charge in [0.05, 0.1) is 0 Å². The first-order valence-electron chi connectivity index (χ1n) is 9.11. The summed E-state index contributed by atoms with van der Waals surface area (Å²) in [7, 11) is -3.84. The van der Waals surface area contributed by atoms with Crippen molar-refractivity contribution in [3.05, 3.63) is 54.1 Å². The Balaban J connectivity index is 1.63. The van der Waals surface area contributed by atoms with Crippen molar-refractivity contribution in [1.82, 2.24) is 0 Å². The van der Waals surface area contributed by atoms with Crippen LogP contribution in [-0.2, 0) is 14.8 Å². The maximum atomic E-state index is 12.3. The van der Waals surface area contributed by atoms with Gasteiger partial charge in [-0.3, -0.25) is 0 Å². The van der Waals surface area contributed by atoms with Crippen LogP contribution in [0.3, 0.4) is 0 Å². The van der Waals surface area contributed by atoms with Crippen LogP contribution in [0.2, 0.25) is 0 Å². The number of carbonyl (C=O) groups is 1. The summed E-state index contributed by atoms with van der Waals surface area (Å²) in [6.45, 7) is -0.485. The van der Waals surface area contributed by atoms with Gasteiger partial charge in [-0.25, -0.2) is 0 Å². The third-order valence-corrected chi connectivity index (χ3v) is 8.03. The number of ether oxygens (including phenoxy) is 1. The van der Waals surface area contributed by atoms with Crippen LogP contribution in [0.5, 0.6) is 0 Å². The molecular weight excluding hydrogens is 495 g/mol. The number of rotatable bonds is 6. The molecule has 2 aromatic rings. The molecule has 12 heteroatoms. The van der Waals surface area contributed by atoms with Crippen LogP contribution in [0.25, 0.3) is 0 Å². The number of nitrogens with two attached hydrogens (primary N) is 1. The van der Waals surface area contributed by atoms with Gasteiger partial charge >= 0.3 is 185 Å². The topological polar surface area (TPSA) is 179 Å². The molecule has 0 saturated carbocycles. The Morgan fingerprint density at radius 3 is 2.16 bits per heavy atom. The first-order chi connectivity index (χ1) is 14.6. The quantitative estimate of drug-likeness (QED) is 0.232. The molecule has 5 atom stereocenters. The van der Waals surface area contributed by atoms with Crippen LogP contribution in [0.4, 0.5) is 5.69 Å². The molecule has 3 rings (SSSR count). The van der Waals surface area contributed by atoms with Crippen LogP contribution in [0.1, 0.15) is 10.4 Å². The van der Waals surface area contributed by atoms with Gasteiger partial charge in [-0.05, 0) is 0 Å². The van der Waals surface area contributed by atoms with Gasteiger partial charge in [0, 0.05) is 0 Å². The number of sulfonamides is 1. The number of hydrogen-bond donors (Lipinski definition) is 6. The first-order valence-corrected chi connectivity index (χ1v) is 12.5. The summed E-state index contributed by atoms with van der Waals surface area (Å²) >= 11 is -0.444. The monoisotopic (exact) mass is 518 g/mol. The molecule has 7 N–H and O–H groups in total. The summed E-state index contributed by atoms with van der Waals surface area (Å²) in [6, 6.07) is 11.9. The molecule has 1 fully saturated rings. The Kier molecular flexibility index (Phi) is 7.47. The average Bonchev–Trinajstić information content (AvgIpc) is 2.75. The van der Waals surface area contributed by atoms with E-state index in [0.29, 0.717) is 5.69 Å². The van der Waals surface area contributed by atoms with Crippen molar-refractivity contribution < 1.29 is 38.4 Å². The van der Waals surface area contributed by atoms with E-state index < -0.39 is 66.9 Å². The predicted octanol–water partition coefficient (Wildman–Crippen LogP) is -2.28. The summed E-state index contributed by atoms with van der Waals surface area (Å²) in [5, 5.41) is 46.1. The van der Waals surface area contributed by atoms with E-state index in [-0.39, 0.29) is 10.5 Å². The molecule has 1 aliphatic rings. The van der Waals surface area contributed by atoms with E-state index in [4.69, 9.17) is 9.88 Å². The van der Waals surface area contributed by atoms with Gasteiger partial charge in [0.25, 0.3) is 0 Å². The molecule has 0 bridgehead atoms. The molecular formula is C19H22N2O8SSe. The van der Waals surface area contributed by atoms with E-state index >= 15 is 0 Å². The van der Waals surface area contributed by atoms with Gasteiger partial charge in [0.2, 0.25) is 0 Å². The molecule has 0 unspecified atom stereocenters. The van der Waals surface area contributed by atoms with Crippen molar-refractivity contribution >= 4 is 41.0 Å². The Morgan fingerprint density at radius 2 is 1.61 bits per heavy atom. The van der Waals surface area contributed by atoms with Crippen LogP contribution < -0.4 is 14.9 Å². The standard InChI is InChI=1S/C19H22N2O8SSe/c20-30(27,28)12-5-1-10(2-6-12)18(26)21-11-3-7-13(8-4-11)31-19-17(25)16(24)15(23)14(9-22)29-19/h1-8,14-17,19,22-25H,9H2,(H,21,26)(H2,20,27,28)/t14-,15-,16+,17-,19+/m1/s1. The second-order valence-corrected chi connectivity index (χ2v) is 10.9. The number of aliphatic hydroxyl groups is 4. The van der Waals surface area contributed by atoms with Crippen LogP contribution in [-0.4, -0.2) is 85.7 Å². The second kappa shape index (κ2) is 9.74. The van der Waals surface area contributed by atoms with Crippen LogP contribution in [0, 0.1) is 0 Å². The van der Waals surface area contributed by atoms with Crippen molar-refractivity contribution in [2.45, 2.75) is 34.3 Å². The van der Waals surface area contributed by atoms with Gasteiger partial charge in [0.1, 0.15) is 0 Å². The number of hydrogen-bond acceptors (Lipinski definition) is 8. The number of primary sulfonamides is 1. The number of amides is 1. The molecule has 31 heavy (non-hydrogen) atoms. The maximum absolute atomic E-state index is 12.3. The van der Waals surface area contributed by atoms with Gasteiger partial charge in [-0.2, -0.15) is 0 Å². The summed E-state index contributed by atoms with van der Waals surface area (Å²) < 4.78 is 28.9. The molecule has 0 aromatic heterocycles. The molecule has 1 aliphatic heterocycles. The zero-order valence-corrected chi connectivity index (χ0v) is 18.6. The zero-order chi connectivity index (χ0) is 22.8. The van der Waals surface area contributed by atoms with Crippen molar-refractivity contribution in [3.8, 4) is 0 Å². The molecule has 0 radical (unpaired) electrons. The minimum atomic E-state index is -3.84. The van der Waals surface area contributed by atoms with E-state index in [1.807, 2.05) is 0 Å². The third kappa shape index (κ3) is 5.69. The number of anilines is 1. The SMILES string of the molecule is NS(=O)(=O)c1ccc(C(=O)Nc2ccc([Se][C@@H]3O[C@H](CO)[C@@H](O)[C@H](O)[C@H]3O)cc2)cc1. The fourth-order valence-electron chi connectivity index (χ4n) is 2.91. The average molecular weight is 517 g/mol. The van der Waals surface area contributed by atoms with Crippen molar-refractivity contribution in [1.29, 1.82) is 0 Å². The molecule has 2 aromatic carbocycles. The van der Waals surface area contributed by atoms with Crippen molar-refractivity contribution in [2.75, 3.05) is 11.9 Å². The third-order valence-electron chi connectivity index (χ3n) is 4.66. The Bertz CT molecular complexity index is 1010. The minimum absolute atomic E-state index is 0.0937. The predicted molar refractivity (Wildman–Crippen MR) is 111 cm³/mol. The molecule has 10 nitrogen and oxygen atoms in total. The number of carbonyl (C=O) groups excluding carboxylic acids is 1. The van der Waals surface area contributed by atoms with Gasteiger partial charge in [0.15, 0.2) is 0 Å². The Labute approximate surface area is 184 Å². The summed E-state index contributed by atoms with van der Waals surface area (Å²) in [5.74, 6) is -0.437. The number of aliphatic hydroxyl groups excluding tert-OH is 4. The van der Waals surface area contributed by atoms with E-state index in [1.165, 1.54) is 24.3 Å². The molecule has 1 heterocycles. The van der Waals surface area contributed by atoms with Gasteiger partial charge < -0.3 is 0 Å². The molecule has 1 saturated heterocycles. The van der Waals surface area contributed by atoms with E-state index in [0.717, 1.165) is 4.46 Å². The summed E-state index contributed by atoms with van der Waals surface area (Å²) in [4.78, 5) is 12.2. The normalized spacial score (nSPS) is 26.4.